The topological polar surface area (TPSA) is 149 Å². The highest BCUT2D eigenvalue weighted by Gasteiger charge is 2.35. The van der Waals surface area contributed by atoms with Crippen LogP contribution in [0.3, 0.4) is 0 Å². The first-order valence-corrected chi connectivity index (χ1v) is 13.5. The fourth-order valence-electron chi connectivity index (χ4n) is 4.59. The van der Waals surface area contributed by atoms with E-state index < -0.39 is 30.0 Å². The van der Waals surface area contributed by atoms with Crippen LogP contribution in [0.25, 0.3) is 0 Å². The van der Waals surface area contributed by atoms with Crippen molar-refractivity contribution in [2.45, 2.75) is 39.8 Å². The van der Waals surface area contributed by atoms with Crippen LogP contribution in [0.15, 0.2) is 47.0 Å². The molecule has 224 valence electrons. The minimum atomic E-state index is -0.622. The summed E-state index contributed by atoms with van der Waals surface area (Å²) in [7, 11) is 1.59. The van der Waals surface area contributed by atoms with Gasteiger partial charge >= 0.3 is 12.1 Å². The Hall–Kier alpha value is -4.65. The van der Waals surface area contributed by atoms with Crippen LogP contribution in [0.4, 0.5) is 31.0 Å². The number of aliphatic hydroxyl groups excluding tert-OH is 1. The zero-order chi connectivity index (χ0) is 30.6. The van der Waals surface area contributed by atoms with Crippen molar-refractivity contribution in [1.29, 1.82) is 0 Å². The smallest absolute Gasteiger partial charge is 0.323 e. The Morgan fingerprint density at radius 3 is 2.52 bits per heavy atom. The predicted molar refractivity (Wildman–Crippen MR) is 154 cm³/mol. The Labute approximate surface area is 242 Å². The molecule has 0 fully saturated rings. The Balaban J connectivity index is 1.62. The molecule has 4 rings (SSSR count). The second kappa shape index (κ2) is 12.9. The van der Waals surface area contributed by atoms with E-state index in [0.29, 0.717) is 22.8 Å². The maximum atomic E-state index is 13.7. The third-order valence-electron chi connectivity index (χ3n) is 7.11. The summed E-state index contributed by atoms with van der Waals surface area (Å²) < 4.78 is 24.8. The largest absolute Gasteiger partial charge is 0.485 e. The number of anilines is 3. The number of benzene rings is 2. The minimum absolute atomic E-state index is 0.114. The van der Waals surface area contributed by atoms with E-state index in [4.69, 9.17) is 9.26 Å². The van der Waals surface area contributed by atoms with E-state index in [1.165, 1.54) is 29.2 Å². The van der Waals surface area contributed by atoms with Gasteiger partial charge in [-0.2, -0.15) is 0 Å². The molecule has 2 aromatic carbocycles. The summed E-state index contributed by atoms with van der Waals surface area (Å²) in [5, 5.41) is 21.9. The molecule has 0 bridgehead atoms. The van der Waals surface area contributed by atoms with Crippen molar-refractivity contribution in [3.63, 3.8) is 0 Å². The summed E-state index contributed by atoms with van der Waals surface area (Å²) in [6.07, 6.45) is -0.622. The lowest BCUT2D eigenvalue weighted by Crippen LogP contribution is -2.50. The highest BCUT2D eigenvalue weighted by molar-refractivity contribution is 6.04. The number of ether oxygens (including phenoxy) is 1. The standard InChI is InChI=1S/C29H35FN6O6/c1-16-13-36(17(2)15-37)27(38)22-7-6-8-23(32-28(39)33-25-18(3)34-42-19(25)4)26(22)41-24(16)14-35(5)29(40)31-21-11-9-20(30)10-12-21/h6-12,16-17,24,37H,13-15H2,1-5H3,(H,31,40)(H2,32,33,39)/t16-,17-,24-/m0/s1. The Morgan fingerprint density at radius 2 is 1.88 bits per heavy atom. The molecule has 13 heteroatoms. The van der Waals surface area contributed by atoms with Crippen LogP contribution in [0.1, 0.15) is 35.7 Å². The average Bonchev–Trinajstić information content (AvgIpc) is 3.27. The van der Waals surface area contributed by atoms with Gasteiger partial charge in [-0.25, -0.2) is 14.0 Å². The fourth-order valence-corrected chi connectivity index (χ4v) is 4.59. The quantitative estimate of drug-likeness (QED) is 0.321. The summed E-state index contributed by atoms with van der Waals surface area (Å²) in [4.78, 5) is 42.6. The Kier molecular flexibility index (Phi) is 9.31. The number of para-hydroxylation sites is 1. The molecule has 0 aliphatic carbocycles. The SMILES string of the molecule is Cc1noc(C)c1NC(=O)Nc1cccc2c1O[C@@H](CN(C)C(=O)Nc1ccc(F)cc1)[C@@H](C)CN([C@@H](C)CO)C2=O. The van der Waals surface area contributed by atoms with E-state index in [9.17, 15) is 23.9 Å². The lowest BCUT2D eigenvalue weighted by molar-refractivity contribution is 0.0373. The lowest BCUT2D eigenvalue weighted by atomic mass is 9.99. The molecule has 1 aliphatic heterocycles. The molecule has 0 radical (unpaired) electrons. The van der Waals surface area contributed by atoms with Gasteiger partial charge in [-0.15, -0.1) is 0 Å². The van der Waals surface area contributed by atoms with Gasteiger partial charge in [0.05, 0.1) is 30.4 Å². The summed E-state index contributed by atoms with van der Waals surface area (Å²) in [5.41, 5.74) is 1.78. The number of carbonyl (C=O) groups excluding carboxylic acids is 3. The number of halogens is 1. The van der Waals surface area contributed by atoms with Crippen molar-refractivity contribution >= 4 is 35.0 Å². The number of likely N-dealkylation sites (N-methyl/N-ethyl adjacent to an activating group) is 1. The van der Waals surface area contributed by atoms with Crippen LogP contribution in [-0.2, 0) is 0 Å². The molecule has 0 unspecified atom stereocenters. The van der Waals surface area contributed by atoms with E-state index in [1.807, 2.05) is 6.92 Å². The number of carbonyl (C=O) groups is 3. The summed E-state index contributed by atoms with van der Waals surface area (Å²) in [6, 6.07) is 8.68. The molecular formula is C29H35FN6O6. The summed E-state index contributed by atoms with van der Waals surface area (Å²) >= 11 is 0. The maximum absolute atomic E-state index is 13.7. The molecule has 42 heavy (non-hydrogen) atoms. The first-order valence-electron chi connectivity index (χ1n) is 13.5. The van der Waals surface area contributed by atoms with Crippen molar-refractivity contribution in [1.82, 2.24) is 15.0 Å². The lowest BCUT2D eigenvalue weighted by Gasteiger charge is -2.38. The number of nitrogens with zero attached hydrogens (tertiary/aromatic N) is 3. The van der Waals surface area contributed by atoms with E-state index in [0.717, 1.165) is 0 Å². The van der Waals surface area contributed by atoms with Gasteiger partial charge in [0.1, 0.15) is 23.3 Å². The van der Waals surface area contributed by atoms with E-state index in [2.05, 4.69) is 21.1 Å². The summed E-state index contributed by atoms with van der Waals surface area (Å²) in [5.74, 6) is -0.509. The van der Waals surface area contributed by atoms with Gasteiger partial charge in [0.25, 0.3) is 5.91 Å². The normalized spacial score (nSPS) is 17.3. The number of amides is 5. The first kappa shape index (κ1) is 30.3. The second-order valence-corrected chi connectivity index (χ2v) is 10.4. The van der Waals surface area contributed by atoms with Gasteiger partial charge in [0.15, 0.2) is 11.5 Å². The van der Waals surface area contributed by atoms with Gasteiger partial charge in [-0.3, -0.25) is 4.79 Å². The molecule has 0 spiro atoms. The Morgan fingerprint density at radius 1 is 1.17 bits per heavy atom. The number of urea groups is 2. The molecule has 1 aliphatic rings. The number of hydrogen-bond donors (Lipinski definition) is 4. The van der Waals surface area contributed by atoms with Crippen LogP contribution in [0.2, 0.25) is 0 Å². The van der Waals surface area contributed by atoms with Gasteiger partial charge in [-0.1, -0.05) is 18.1 Å². The van der Waals surface area contributed by atoms with Gasteiger partial charge in [-0.05, 0) is 57.2 Å². The van der Waals surface area contributed by atoms with Crippen molar-refractivity contribution in [3.05, 3.63) is 65.3 Å². The maximum Gasteiger partial charge on any atom is 0.323 e. The third kappa shape index (κ3) is 6.79. The Bertz CT molecular complexity index is 1430. The van der Waals surface area contributed by atoms with E-state index >= 15 is 0 Å². The predicted octanol–water partition coefficient (Wildman–Crippen LogP) is 4.46. The number of aryl methyl sites for hydroxylation is 2. The number of nitrogens with one attached hydrogen (secondary N) is 3. The van der Waals surface area contributed by atoms with Crippen LogP contribution in [0, 0.1) is 25.6 Å². The van der Waals surface area contributed by atoms with Crippen molar-refractivity contribution < 1.29 is 33.1 Å². The molecule has 3 aromatic rings. The van der Waals surface area contributed by atoms with Crippen LogP contribution < -0.4 is 20.7 Å². The van der Waals surface area contributed by atoms with Crippen molar-refractivity contribution in [3.8, 4) is 5.75 Å². The third-order valence-corrected chi connectivity index (χ3v) is 7.11. The number of fused-ring (bicyclic) bond motifs is 1. The molecular weight excluding hydrogens is 547 g/mol. The zero-order valence-corrected chi connectivity index (χ0v) is 24.1. The first-order chi connectivity index (χ1) is 20.0. The number of aromatic nitrogens is 1. The van der Waals surface area contributed by atoms with Crippen LogP contribution >= 0.6 is 0 Å². The van der Waals surface area contributed by atoms with Crippen LogP contribution in [0.5, 0.6) is 5.75 Å². The second-order valence-electron chi connectivity index (χ2n) is 10.4. The highest BCUT2D eigenvalue weighted by atomic mass is 19.1. The van der Waals surface area contributed by atoms with Crippen molar-refractivity contribution in [2.24, 2.45) is 5.92 Å². The van der Waals surface area contributed by atoms with Crippen molar-refractivity contribution in [2.75, 3.05) is 42.7 Å². The average molecular weight is 583 g/mol. The fraction of sp³-hybridized carbons (Fsp3) is 0.379. The highest BCUT2D eigenvalue weighted by Crippen LogP contribution is 2.35. The minimum Gasteiger partial charge on any atom is -0.485 e. The molecule has 0 saturated heterocycles. The molecule has 5 amide bonds. The summed E-state index contributed by atoms with van der Waals surface area (Å²) in [6.45, 7) is 7.09. The van der Waals surface area contributed by atoms with E-state index in [-0.39, 0.29) is 48.5 Å². The molecule has 4 N–H and O–H groups in total. The number of hydrogen-bond acceptors (Lipinski definition) is 7. The number of rotatable bonds is 7. The van der Waals surface area contributed by atoms with Gasteiger partial charge in [0, 0.05) is 25.2 Å². The van der Waals surface area contributed by atoms with Gasteiger partial charge < -0.3 is 40.1 Å². The van der Waals surface area contributed by atoms with Gasteiger partial charge in [0.2, 0.25) is 0 Å². The number of aliphatic hydroxyl groups is 1. The molecule has 1 aromatic heterocycles. The molecule has 12 nitrogen and oxygen atoms in total. The van der Waals surface area contributed by atoms with E-state index in [1.54, 1.807) is 50.9 Å². The monoisotopic (exact) mass is 582 g/mol. The molecule has 0 saturated carbocycles. The zero-order valence-electron chi connectivity index (χ0n) is 24.1. The molecule has 2 heterocycles. The molecule has 3 atom stereocenters. The van der Waals surface area contributed by atoms with Crippen LogP contribution in [-0.4, -0.2) is 76.9 Å².